The van der Waals surface area contributed by atoms with Crippen LogP contribution in [0.25, 0.3) is 10.9 Å². The highest BCUT2D eigenvalue weighted by Gasteiger charge is 2.47. The van der Waals surface area contributed by atoms with Gasteiger partial charge in [-0.15, -0.1) is 0 Å². The third-order valence-electron chi connectivity index (χ3n) is 7.14. The van der Waals surface area contributed by atoms with Crippen molar-refractivity contribution in [1.82, 2.24) is 9.88 Å². The van der Waals surface area contributed by atoms with Crippen LogP contribution < -0.4 is 5.32 Å². The van der Waals surface area contributed by atoms with Crippen LogP contribution in [0.5, 0.6) is 0 Å². The van der Waals surface area contributed by atoms with Crippen molar-refractivity contribution in [2.24, 2.45) is 0 Å². The van der Waals surface area contributed by atoms with Crippen LogP contribution in [0.4, 0.5) is 5.69 Å². The standard InChI is InChI=1S/C29H31N3O3/c1-21-10-3-5-13-25(21)31-28(34)29(15-7-2-8-16-29)32(20-24-12-9-17-35-24)27(33)19-23-18-22-11-4-6-14-26(22)30-23/h3-6,9-14,17-18,30H,2,7-8,15-16,19-20H2,1H3,(H,31,34). The number of rotatable bonds is 7. The first-order chi connectivity index (χ1) is 17.0. The molecule has 6 heteroatoms. The summed E-state index contributed by atoms with van der Waals surface area (Å²) in [5.74, 6) is 0.460. The summed E-state index contributed by atoms with van der Waals surface area (Å²) in [6.07, 6.45) is 5.91. The average molecular weight is 470 g/mol. The summed E-state index contributed by atoms with van der Waals surface area (Å²) in [7, 11) is 0. The molecule has 0 saturated heterocycles. The average Bonchev–Trinajstić information content (AvgIpc) is 3.53. The molecule has 0 spiro atoms. The third-order valence-corrected chi connectivity index (χ3v) is 7.14. The number of amides is 2. The van der Waals surface area contributed by atoms with Crippen molar-refractivity contribution in [3.63, 3.8) is 0 Å². The van der Waals surface area contributed by atoms with E-state index < -0.39 is 5.54 Å². The molecule has 2 aromatic heterocycles. The monoisotopic (exact) mass is 469 g/mol. The fraction of sp³-hybridized carbons (Fsp3) is 0.310. The number of aromatic nitrogens is 1. The number of hydrogen-bond donors (Lipinski definition) is 2. The number of nitrogens with one attached hydrogen (secondary N) is 2. The summed E-state index contributed by atoms with van der Waals surface area (Å²) in [6, 6.07) is 21.4. The zero-order valence-corrected chi connectivity index (χ0v) is 20.0. The Labute approximate surface area is 205 Å². The van der Waals surface area contributed by atoms with Crippen molar-refractivity contribution in [2.45, 2.75) is 57.5 Å². The Kier molecular flexibility index (Phi) is 6.45. The van der Waals surface area contributed by atoms with E-state index in [1.807, 2.05) is 73.7 Å². The number of carbonyl (C=O) groups excluding carboxylic acids is 2. The molecule has 2 amide bonds. The summed E-state index contributed by atoms with van der Waals surface area (Å²) in [4.78, 5) is 33.0. The lowest BCUT2D eigenvalue weighted by atomic mass is 9.78. The second-order valence-corrected chi connectivity index (χ2v) is 9.48. The molecule has 1 fully saturated rings. The van der Waals surface area contributed by atoms with Gasteiger partial charge in [-0.1, -0.05) is 55.7 Å². The topological polar surface area (TPSA) is 78.3 Å². The highest BCUT2D eigenvalue weighted by atomic mass is 16.3. The van der Waals surface area contributed by atoms with Crippen molar-refractivity contribution >= 4 is 28.4 Å². The number of carbonyl (C=O) groups is 2. The molecule has 2 heterocycles. The molecular weight excluding hydrogens is 438 g/mol. The van der Waals surface area contributed by atoms with E-state index in [0.717, 1.165) is 47.1 Å². The molecule has 180 valence electrons. The first-order valence-corrected chi connectivity index (χ1v) is 12.3. The molecule has 6 nitrogen and oxygen atoms in total. The van der Waals surface area contributed by atoms with Gasteiger partial charge < -0.3 is 19.6 Å². The van der Waals surface area contributed by atoms with Crippen molar-refractivity contribution in [2.75, 3.05) is 5.32 Å². The van der Waals surface area contributed by atoms with Gasteiger partial charge in [-0.25, -0.2) is 0 Å². The Bertz CT molecular complexity index is 1280. The SMILES string of the molecule is Cc1ccccc1NC(=O)C1(N(Cc2ccco2)C(=O)Cc2cc3ccccc3[nH]2)CCCCC1. The van der Waals surface area contributed by atoms with Gasteiger partial charge in [0.1, 0.15) is 11.3 Å². The zero-order valence-electron chi connectivity index (χ0n) is 20.0. The van der Waals surface area contributed by atoms with Crippen LogP contribution in [0.2, 0.25) is 0 Å². The van der Waals surface area contributed by atoms with E-state index in [-0.39, 0.29) is 24.8 Å². The molecule has 35 heavy (non-hydrogen) atoms. The van der Waals surface area contributed by atoms with E-state index in [0.29, 0.717) is 18.6 Å². The fourth-order valence-corrected chi connectivity index (χ4v) is 5.23. The van der Waals surface area contributed by atoms with Crippen LogP contribution in [0.1, 0.15) is 49.1 Å². The van der Waals surface area contributed by atoms with Gasteiger partial charge in [-0.3, -0.25) is 9.59 Å². The lowest BCUT2D eigenvalue weighted by Gasteiger charge is -2.45. The summed E-state index contributed by atoms with van der Waals surface area (Å²) < 4.78 is 5.63. The number of para-hydroxylation sites is 2. The normalized spacial score (nSPS) is 15.1. The van der Waals surface area contributed by atoms with E-state index in [9.17, 15) is 9.59 Å². The number of furan rings is 1. The van der Waals surface area contributed by atoms with Crippen LogP contribution in [0.3, 0.4) is 0 Å². The van der Waals surface area contributed by atoms with Crippen molar-refractivity contribution in [3.8, 4) is 0 Å². The summed E-state index contributed by atoms with van der Waals surface area (Å²) >= 11 is 0. The Morgan fingerprint density at radius 1 is 1.00 bits per heavy atom. The van der Waals surface area contributed by atoms with E-state index >= 15 is 0 Å². The number of H-pyrrole nitrogens is 1. The van der Waals surface area contributed by atoms with E-state index in [1.54, 1.807) is 11.2 Å². The molecule has 0 aliphatic heterocycles. The molecule has 0 atom stereocenters. The van der Waals surface area contributed by atoms with Gasteiger partial charge in [0.15, 0.2) is 0 Å². The van der Waals surface area contributed by atoms with Gasteiger partial charge in [0.2, 0.25) is 11.8 Å². The second kappa shape index (κ2) is 9.82. The zero-order chi connectivity index (χ0) is 24.3. The summed E-state index contributed by atoms with van der Waals surface area (Å²) in [6.45, 7) is 2.23. The first-order valence-electron chi connectivity index (χ1n) is 12.3. The second-order valence-electron chi connectivity index (χ2n) is 9.48. The molecule has 1 aliphatic rings. The lowest BCUT2D eigenvalue weighted by Crippen LogP contribution is -2.60. The third kappa shape index (κ3) is 4.74. The quantitative estimate of drug-likeness (QED) is 0.349. The molecule has 4 aromatic rings. The molecular formula is C29H31N3O3. The Hall–Kier alpha value is -3.80. The Morgan fingerprint density at radius 3 is 2.51 bits per heavy atom. The number of benzene rings is 2. The maximum atomic E-state index is 14.0. The molecule has 1 saturated carbocycles. The van der Waals surface area contributed by atoms with E-state index in [4.69, 9.17) is 4.42 Å². The number of aromatic amines is 1. The minimum absolute atomic E-state index is 0.0882. The van der Waals surface area contributed by atoms with E-state index in [1.165, 1.54) is 0 Å². The molecule has 2 N–H and O–H groups in total. The van der Waals surface area contributed by atoms with Crippen molar-refractivity contribution in [3.05, 3.63) is 90.0 Å². The van der Waals surface area contributed by atoms with Gasteiger partial charge in [0.05, 0.1) is 19.2 Å². The minimum atomic E-state index is -0.934. The molecule has 1 aliphatic carbocycles. The fourth-order valence-electron chi connectivity index (χ4n) is 5.23. The minimum Gasteiger partial charge on any atom is -0.467 e. The number of aryl methyl sites for hydroxylation is 1. The summed E-state index contributed by atoms with van der Waals surface area (Å²) in [5, 5.41) is 4.22. The molecule has 2 aromatic carbocycles. The Morgan fingerprint density at radius 2 is 1.77 bits per heavy atom. The van der Waals surface area contributed by atoms with E-state index in [2.05, 4.69) is 10.3 Å². The van der Waals surface area contributed by atoms with Gasteiger partial charge in [0, 0.05) is 16.9 Å². The highest BCUT2D eigenvalue weighted by molar-refractivity contribution is 6.01. The van der Waals surface area contributed by atoms with Crippen LogP contribution in [-0.2, 0) is 22.6 Å². The molecule has 0 bridgehead atoms. The number of nitrogens with zero attached hydrogens (tertiary/aromatic N) is 1. The van der Waals surface area contributed by atoms with Crippen molar-refractivity contribution in [1.29, 1.82) is 0 Å². The van der Waals surface area contributed by atoms with Crippen LogP contribution in [0.15, 0.2) is 77.4 Å². The van der Waals surface area contributed by atoms with Gasteiger partial charge in [-0.05, 0) is 61.0 Å². The van der Waals surface area contributed by atoms with Gasteiger partial charge in [0.25, 0.3) is 0 Å². The van der Waals surface area contributed by atoms with Crippen LogP contribution in [-0.4, -0.2) is 27.2 Å². The predicted molar refractivity (Wildman–Crippen MR) is 137 cm³/mol. The highest BCUT2D eigenvalue weighted by Crippen LogP contribution is 2.37. The Balaban J connectivity index is 1.49. The molecule has 0 radical (unpaired) electrons. The lowest BCUT2D eigenvalue weighted by molar-refractivity contribution is -0.148. The predicted octanol–water partition coefficient (Wildman–Crippen LogP) is 5.98. The smallest absolute Gasteiger partial charge is 0.250 e. The van der Waals surface area contributed by atoms with Crippen LogP contribution >= 0.6 is 0 Å². The number of anilines is 1. The largest absolute Gasteiger partial charge is 0.467 e. The van der Waals surface area contributed by atoms with Gasteiger partial charge >= 0.3 is 0 Å². The van der Waals surface area contributed by atoms with Crippen molar-refractivity contribution < 1.29 is 14.0 Å². The summed E-state index contributed by atoms with van der Waals surface area (Å²) in [5.41, 5.74) is 2.68. The van der Waals surface area contributed by atoms with Gasteiger partial charge in [-0.2, -0.15) is 0 Å². The molecule has 5 rings (SSSR count). The molecule has 0 unspecified atom stereocenters. The maximum absolute atomic E-state index is 14.0. The van der Waals surface area contributed by atoms with Crippen LogP contribution in [0, 0.1) is 6.92 Å². The number of hydrogen-bond acceptors (Lipinski definition) is 3. The number of fused-ring (bicyclic) bond motifs is 1. The maximum Gasteiger partial charge on any atom is 0.250 e. The first kappa shape index (κ1) is 23.0.